The summed E-state index contributed by atoms with van der Waals surface area (Å²) >= 11 is 0. The second-order valence-electron chi connectivity index (χ2n) is 6.44. The number of anilines is 1. The van der Waals surface area contributed by atoms with Crippen LogP contribution in [0, 0.1) is 11.8 Å². The summed E-state index contributed by atoms with van der Waals surface area (Å²) in [4.78, 5) is 17.0. The number of H-pyrrole nitrogens is 1. The van der Waals surface area contributed by atoms with Crippen molar-refractivity contribution < 1.29 is 4.79 Å². The Morgan fingerprint density at radius 1 is 1.25 bits per heavy atom. The fraction of sp³-hybridized carbons (Fsp3) is 0.471. The number of halogens is 1. The first-order valence-electron chi connectivity index (χ1n) is 8.09. The van der Waals surface area contributed by atoms with Crippen molar-refractivity contribution in [2.75, 3.05) is 18.4 Å². The molecule has 2 aromatic rings. The van der Waals surface area contributed by atoms with Gasteiger partial charge < -0.3 is 10.6 Å². The Balaban J connectivity index is 0.00000208. The molecule has 0 radical (unpaired) electrons. The van der Waals surface area contributed by atoms with Gasteiger partial charge in [0.15, 0.2) is 5.82 Å². The van der Waals surface area contributed by atoms with E-state index < -0.39 is 0 Å². The number of para-hydroxylation sites is 1. The van der Waals surface area contributed by atoms with Crippen LogP contribution < -0.4 is 10.6 Å². The van der Waals surface area contributed by atoms with Gasteiger partial charge in [0.25, 0.3) is 0 Å². The zero-order valence-electron chi connectivity index (χ0n) is 14.2. The van der Waals surface area contributed by atoms with Crippen molar-refractivity contribution in [2.24, 2.45) is 11.8 Å². The highest BCUT2D eigenvalue weighted by molar-refractivity contribution is 5.96. The maximum absolute atomic E-state index is 12.5. The van der Waals surface area contributed by atoms with E-state index in [1.807, 2.05) is 31.2 Å². The molecular weight excluding hydrogens is 326 g/mol. The van der Waals surface area contributed by atoms with E-state index in [0.717, 1.165) is 30.2 Å². The predicted octanol–water partition coefficient (Wildman–Crippen LogP) is 2.81. The van der Waals surface area contributed by atoms with Gasteiger partial charge in [-0.05, 0) is 31.1 Å². The molecule has 6 nitrogen and oxygen atoms in total. The van der Waals surface area contributed by atoms with Crippen LogP contribution in [0.1, 0.15) is 32.5 Å². The van der Waals surface area contributed by atoms with Crippen LogP contribution in [0.5, 0.6) is 0 Å². The second kappa shape index (κ2) is 7.77. The van der Waals surface area contributed by atoms with Crippen molar-refractivity contribution in [3.8, 4) is 11.4 Å². The lowest BCUT2D eigenvalue weighted by Gasteiger charge is -2.31. The standard InChI is InChI=1S/C17H23N5O.ClH/c1-10(2)15-20-16(22-21-15)13-6-4-5-7-14(13)19-17(23)11(3)12-8-18-9-12;/h4-7,10-12,18H,8-9H2,1-3H3,(H,19,23)(H,20,21,22);1H. The Labute approximate surface area is 148 Å². The average Bonchev–Trinajstić information content (AvgIpc) is 2.95. The van der Waals surface area contributed by atoms with E-state index in [1.54, 1.807) is 0 Å². The zero-order valence-corrected chi connectivity index (χ0v) is 15.0. The van der Waals surface area contributed by atoms with Gasteiger partial charge in [-0.15, -0.1) is 12.4 Å². The fourth-order valence-corrected chi connectivity index (χ4v) is 2.57. The molecule has 1 unspecified atom stereocenters. The number of hydrogen-bond acceptors (Lipinski definition) is 4. The van der Waals surface area contributed by atoms with Crippen LogP contribution in [0.25, 0.3) is 11.4 Å². The Bertz CT molecular complexity index is 696. The Morgan fingerprint density at radius 2 is 1.96 bits per heavy atom. The Kier molecular flexibility index (Phi) is 5.96. The van der Waals surface area contributed by atoms with Crippen LogP contribution in [0.2, 0.25) is 0 Å². The number of rotatable bonds is 5. The molecule has 3 rings (SSSR count). The lowest BCUT2D eigenvalue weighted by atomic mass is 9.88. The summed E-state index contributed by atoms with van der Waals surface area (Å²) in [6.07, 6.45) is 0. The number of amides is 1. The first kappa shape index (κ1) is 18.4. The number of hydrogen-bond donors (Lipinski definition) is 3. The molecule has 0 aliphatic carbocycles. The van der Waals surface area contributed by atoms with Gasteiger partial charge in [0.1, 0.15) is 5.82 Å². The highest BCUT2D eigenvalue weighted by atomic mass is 35.5. The number of nitrogens with zero attached hydrogens (tertiary/aromatic N) is 2. The molecule has 130 valence electrons. The van der Waals surface area contributed by atoms with E-state index in [0.29, 0.717) is 11.7 Å². The van der Waals surface area contributed by atoms with Crippen molar-refractivity contribution in [2.45, 2.75) is 26.7 Å². The lowest BCUT2D eigenvalue weighted by molar-refractivity contribution is -0.121. The van der Waals surface area contributed by atoms with Gasteiger partial charge in [-0.2, -0.15) is 5.10 Å². The van der Waals surface area contributed by atoms with E-state index in [2.05, 4.69) is 39.7 Å². The van der Waals surface area contributed by atoms with Crippen LogP contribution in [0.15, 0.2) is 24.3 Å². The van der Waals surface area contributed by atoms with Gasteiger partial charge in [0.05, 0.1) is 5.69 Å². The monoisotopic (exact) mass is 349 g/mol. The molecular formula is C17H24ClN5O. The van der Waals surface area contributed by atoms with Gasteiger partial charge >= 0.3 is 0 Å². The first-order chi connectivity index (χ1) is 11.1. The normalized spacial score (nSPS) is 15.5. The third kappa shape index (κ3) is 3.76. The van der Waals surface area contributed by atoms with Gasteiger partial charge in [-0.25, -0.2) is 4.98 Å². The predicted molar refractivity (Wildman–Crippen MR) is 97.3 cm³/mol. The van der Waals surface area contributed by atoms with Crippen LogP contribution >= 0.6 is 12.4 Å². The number of carbonyl (C=O) groups is 1. The molecule has 0 bridgehead atoms. The van der Waals surface area contributed by atoms with Crippen LogP contribution in [-0.4, -0.2) is 34.2 Å². The minimum Gasteiger partial charge on any atom is -0.325 e. The minimum absolute atomic E-state index is 0. The molecule has 1 aromatic carbocycles. The number of aromatic nitrogens is 3. The highest BCUT2D eigenvalue weighted by Crippen LogP contribution is 2.27. The number of carbonyl (C=O) groups excluding carboxylic acids is 1. The smallest absolute Gasteiger partial charge is 0.227 e. The first-order valence-corrected chi connectivity index (χ1v) is 8.09. The zero-order chi connectivity index (χ0) is 16.4. The summed E-state index contributed by atoms with van der Waals surface area (Å²) in [6.45, 7) is 7.93. The molecule has 1 amide bonds. The van der Waals surface area contributed by atoms with Crippen molar-refractivity contribution in [1.82, 2.24) is 20.5 Å². The summed E-state index contributed by atoms with van der Waals surface area (Å²) in [6, 6.07) is 7.66. The van der Waals surface area contributed by atoms with Crippen LogP contribution in [0.3, 0.4) is 0 Å². The number of aromatic amines is 1. The highest BCUT2D eigenvalue weighted by Gasteiger charge is 2.29. The maximum Gasteiger partial charge on any atom is 0.227 e. The van der Waals surface area contributed by atoms with E-state index >= 15 is 0 Å². The second-order valence-corrected chi connectivity index (χ2v) is 6.44. The van der Waals surface area contributed by atoms with E-state index in [4.69, 9.17) is 0 Å². The van der Waals surface area contributed by atoms with Gasteiger partial charge in [-0.3, -0.25) is 9.89 Å². The molecule has 0 spiro atoms. The molecule has 1 aliphatic heterocycles. The maximum atomic E-state index is 12.5. The molecule has 1 fully saturated rings. The summed E-state index contributed by atoms with van der Waals surface area (Å²) in [7, 11) is 0. The summed E-state index contributed by atoms with van der Waals surface area (Å²) in [5.41, 5.74) is 1.59. The van der Waals surface area contributed by atoms with Gasteiger partial charge in [0, 0.05) is 17.4 Å². The summed E-state index contributed by atoms with van der Waals surface area (Å²) in [5, 5.41) is 13.5. The molecule has 24 heavy (non-hydrogen) atoms. The van der Waals surface area contributed by atoms with Gasteiger partial charge in [0.2, 0.25) is 5.91 Å². The van der Waals surface area contributed by atoms with E-state index in [9.17, 15) is 4.79 Å². The molecule has 3 N–H and O–H groups in total. The SMILES string of the molecule is CC(C)c1nc(-c2ccccc2NC(=O)C(C)C2CNC2)n[nH]1.Cl. The molecule has 1 saturated heterocycles. The van der Waals surface area contributed by atoms with E-state index in [1.165, 1.54) is 0 Å². The Morgan fingerprint density at radius 3 is 2.54 bits per heavy atom. The van der Waals surface area contributed by atoms with Crippen molar-refractivity contribution in [3.63, 3.8) is 0 Å². The topological polar surface area (TPSA) is 82.7 Å². The van der Waals surface area contributed by atoms with Gasteiger partial charge in [-0.1, -0.05) is 32.9 Å². The summed E-state index contributed by atoms with van der Waals surface area (Å²) in [5.74, 6) is 2.19. The molecule has 1 aromatic heterocycles. The number of nitrogens with one attached hydrogen (secondary N) is 3. The van der Waals surface area contributed by atoms with Crippen molar-refractivity contribution in [3.05, 3.63) is 30.1 Å². The largest absolute Gasteiger partial charge is 0.325 e. The molecule has 0 saturated carbocycles. The van der Waals surface area contributed by atoms with Crippen molar-refractivity contribution in [1.29, 1.82) is 0 Å². The molecule has 7 heteroatoms. The Hall–Kier alpha value is -1.92. The third-order valence-electron chi connectivity index (χ3n) is 4.41. The third-order valence-corrected chi connectivity index (χ3v) is 4.41. The lowest BCUT2D eigenvalue weighted by Crippen LogP contribution is -2.48. The minimum atomic E-state index is -0.0114. The quantitative estimate of drug-likeness (QED) is 0.775. The average molecular weight is 350 g/mol. The molecule has 1 atom stereocenters. The fourth-order valence-electron chi connectivity index (χ4n) is 2.57. The molecule has 1 aliphatic rings. The van der Waals surface area contributed by atoms with Crippen LogP contribution in [0.4, 0.5) is 5.69 Å². The molecule has 2 heterocycles. The summed E-state index contributed by atoms with van der Waals surface area (Å²) < 4.78 is 0. The van der Waals surface area contributed by atoms with Crippen molar-refractivity contribution >= 4 is 24.0 Å². The van der Waals surface area contributed by atoms with E-state index in [-0.39, 0.29) is 30.2 Å². The van der Waals surface area contributed by atoms with Crippen LogP contribution in [-0.2, 0) is 4.79 Å². The number of benzene rings is 1.